The Labute approximate surface area is 129 Å². The quantitative estimate of drug-likeness (QED) is 0.658. The minimum absolute atomic E-state index is 0.566. The summed E-state index contributed by atoms with van der Waals surface area (Å²) in [6.07, 6.45) is 9.50. The molecule has 0 spiro atoms. The van der Waals surface area contributed by atoms with Gasteiger partial charge in [-0.3, -0.25) is 4.98 Å². The van der Waals surface area contributed by atoms with Gasteiger partial charge in [0, 0.05) is 22.3 Å². The first kappa shape index (κ1) is 14.1. The van der Waals surface area contributed by atoms with E-state index in [0.29, 0.717) is 4.83 Å². The van der Waals surface area contributed by atoms with E-state index in [-0.39, 0.29) is 0 Å². The van der Waals surface area contributed by atoms with Crippen molar-refractivity contribution < 1.29 is 0 Å². The molecule has 0 N–H and O–H groups in total. The zero-order valence-corrected chi connectivity index (χ0v) is 13.5. The number of aromatic nitrogens is 1. The molecule has 2 heteroatoms. The summed E-state index contributed by atoms with van der Waals surface area (Å²) in [7, 11) is 0. The standard InChI is InChI=1S/C18H22BrN/c19-16(11-9-14-5-1-2-6-14)13-17-12-10-15-7-3-4-8-18(15)20-17/h3-4,7-8,10,12,14,16H,1-2,5-6,9,11,13H2. The minimum Gasteiger partial charge on any atom is -0.253 e. The Morgan fingerprint density at radius 2 is 1.90 bits per heavy atom. The predicted octanol–water partition coefficient (Wildman–Crippen LogP) is 5.51. The second kappa shape index (κ2) is 6.71. The Hall–Kier alpha value is -0.890. The first-order chi connectivity index (χ1) is 9.81. The summed E-state index contributed by atoms with van der Waals surface area (Å²) in [4.78, 5) is 5.33. The van der Waals surface area contributed by atoms with Gasteiger partial charge in [-0.25, -0.2) is 0 Å². The van der Waals surface area contributed by atoms with Gasteiger partial charge in [-0.05, 0) is 30.9 Å². The largest absolute Gasteiger partial charge is 0.253 e. The maximum absolute atomic E-state index is 4.76. The molecule has 1 saturated carbocycles. The lowest BCUT2D eigenvalue weighted by Crippen LogP contribution is -2.07. The molecule has 0 aliphatic heterocycles. The van der Waals surface area contributed by atoms with Crippen molar-refractivity contribution in [3.63, 3.8) is 0 Å². The van der Waals surface area contributed by atoms with Crippen molar-refractivity contribution in [2.75, 3.05) is 0 Å². The van der Waals surface area contributed by atoms with Crippen LogP contribution in [0.1, 0.15) is 44.2 Å². The molecule has 1 unspecified atom stereocenters. The molecule has 1 heterocycles. The normalized spacial score (nSPS) is 17.6. The van der Waals surface area contributed by atoms with Crippen LogP contribution in [0.15, 0.2) is 36.4 Å². The zero-order chi connectivity index (χ0) is 13.8. The maximum atomic E-state index is 4.76. The fourth-order valence-electron chi connectivity index (χ4n) is 3.27. The number of nitrogens with zero attached hydrogens (tertiary/aromatic N) is 1. The first-order valence-electron chi connectivity index (χ1n) is 7.80. The molecule has 20 heavy (non-hydrogen) atoms. The number of alkyl halides is 1. The highest BCUT2D eigenvalue weighted by Gasteiger charge is 2.16. The number of hydrogen-bond acceptors (Lipinski definition) is 1. The highest BCUT2D eigenvalue weighted by molar-refractivity contribution is 9.09. The van der Waals surface area contributed by atoms with Gasteiger partial charge in [0.2, 0.25) is 0 Å². The van der Waals surface area contributed by atoms with Crippen LogP contribution < -0.4 is 0 Å². The Kier molecular flexibility index (Phi) is 4.72. The van der Waals surface area contributed by atoms with Crippen molar-refractivity contribution in [1.82, 2.24) is 4.98 Å². The van der Waals surface area contributed by atoms with Gasteiger partial charge in [-0.15, -0.1) is 0 Å². The van der Waals surface area contributed by atoms with Gasteiger partial charge < -0.3 is 0 Å². The van der Waals surface area contributed by atoms with Gasteiger partial charge in [0.15, 0.2) is 0 Å². The van der Waals surface area contributed by atoms with Gasteiger partial charge in [0.25, 0.3) is 0 Å². The number of halogens is 1. The highest BCUT2D eigenvalue weighted by Crippen LogP contribution is 2.30. The molecule has 0 bridgehead atoms. The third-order valence-electron chi connectivity index (χ3n) is 4.45. The summed E-state index contributed by atoms with van der Waals surface area (Å²) in [6, 6.07) is 12.7. The second-order valence-electron chi connectivity index (χ2n) is 6.02. The molecule has 1 aliphatic rings. The van der Waals surface area contributed by atoms with Crippen LogP contribution in [0.25, 0.3) is 10.9 Å². The summed E-state index contributed by atoms with van der Waals surface area (Å²) < 4.78 is 0. The molecule has 0 radical (unpaired) electrons. The fourth-order valence-corrected chi connectivity index (χ4v) is 3.86. The molecule has 106 valence electrons. The van der Waals surface area contributed by atoms with Crippen LogP contribution in [0.3, 0.4) is 0 Å². The average molecular weight is 332 g/mol. The fraction of sp³-hybridized carbons (Fsp3) is 0.500. The maximum Gasteiger partial charge on any atom is 0.0705 e. The third kappa shape index (κ3) is 3.60. The topological polar surface area (TPSA) is 12.9 Å². The number of hydrogen-bond donors (Lipinski definition) is 0. The number of pyridine rings is 1. The Morgan fingerprint density at radius 1 is 1.10 bits per heavy atom. The number of para-hydroxylation sites is 1. The smallest absolute Gasteiger partial charge is 0.0705 e. The third-order valence-corrected chi connectivity index (χ3v) is 5.23. The van der Waals surface area contributed by atoms with Crippen molar-refractivity contribution >= 4 is 26.8 Å². The van der Waals surface area contributed by atoms with Gasteiger partial charge in [-0.1, -0.05) is 65.9 Å². The molecule has 1 aliphatic carbocycles. The van der Waals surface area contributed by atoms with Crippen LogP contribution in [0.4, 0.5) is 0 Å². The molecule has 3 rings (SSSR count). The zero-order valence-electron chi connectivity index (χ0n) is 11.9. The minimum atomic E-state index is 0.566. The van der Waals surface area contributed by atoms with Crippen LogP contribution in [0.2, 0.25) is 0 Å². The summed E-state index contributed by atoms with van der Waals surface area (Å²) in [5, 5.41) is 1.23. The first-order valence-corrected chi connectivity index (χ1v) is 8.71. The van der Waals surface area contributed by atoms with Gasteiger partial charge in [0.05, 0.1) is 5.52 Å². The monoisotopic (exact) mass is 331 g/mol. The van der Waals surface area contributed by atoms with E-state index in [1.807, 2.05) is 0 Å². The lowest BCUT2D eigenvalue weighted by atomic mass is 9.99. The van der Waals surface area contributed by atoms with E-state index in [2.05, 4.69) is 52.3 Å². The Balaban J connectivity index is 1.57. The lowest BCUT2D eigenvalue weighted by molar-refractivity contribution is 0.479. The van der Waals surface area contributed by atoms with Crippen molar-refractivity contribution in [2.24, 2.45) is 5.92 Å². The molecule has 1 nitrogen and oxygen atoms in total. The second-order valence-corrected chi connectivity index (χ2v) is 7.32. The van der Waals surface area contributed by atoms with E-state index >= 15 is 0 Å². The van der Waals surface area contributed by atoms with E-state index in [1.54, 1.807) is 0 Å². The molecule has 1 aromatic heterocycles. The summed E-state index contributed by atoms with van der Waals surface area (Å²) in [5.41, 5.74) is 2.32. The van der Waals surface area contributed by atoms with E-state index < -0.39 is 0 Å². The molecular formula is C18H22BrN. The average Bonchev–Trinajstić information content (AvgIpc) is 2.98. The van der Waals surface area contributed by atoms with Crippen molar-refractivity contribution in [3.8, 4) is 0 Å². The SMILES string of the molecule is BrC(CCC1CCCC1)Cc1ccc2ccccc2n1. The molecular weight excluding hydrogens is 310 g/mol. The molecule has 2 aromatic rings. The van der Waals surface area contributed by atoms with Crippen LogP contribution in [0, 0.1) is 5.92 Å². The molecule has 1 fully saturated rings. The number of rotatable bonds is 5. The van der Waals surface area contributed by atoms with E-state index in [9.17, 15) is 0 Å². The van der Waals surface area contributed by atoms with Crippen LogP contribution in [0.5, 0.6) is 0 Å². The van der Waals surface area contributed by atoms with Crippen molar-refractivity contribution in [3.05, 3.63) is 42.1 Å². The Bertz CT molecular complexity index is 560. The van der Waals surface area contributed by atoms with E-state index in [1.165, 1.54) is 49.6 Å². The number of benzene rings is 1. The van der Waals surface area contributed by atoms with Crippen LogP contribution in [-0.4, -0.2) is 9.81 Å². The summed E-state index contributed by atoms with van der Waals surface area (Å²) >= 11 is 3.85. The van der Waals surface area contributed by atoms with Gasteiger partial charge >= 0.3 is 0 Å². The van der Waals surface area contributed by atoms with Gasteiger partial charge in [0.1, 0.15) is 0 Å². The molecule has 0 amide bonds. The van der Waals surface area contributed by atoms with Gasteiger partial charge in [-0.2, -0.15) is 0 Å². The summed E-state index contributed by atoms with van der Waals surface area (Å²) in [6.45, 7) is 0. The van der Waals surface area contributed by atoms with E-state index in [4.69, 9.17) is 4.98 Å². The Morgan fingerprint density at radius 3 is 2.75 bits per heavy atom. The lowest BCUT2D eigenvalue weighted by Gasteiger charge is -2.13. The highest BCUT2D eigenvalue weighted by atomic mass is 79.9. The van der Waals surface area contributed by atoms with E-state index in [0.717, 1.165) is 17.9 Å². The van der Waals surface area contributed by atoms with Crippen LogP contribution in [-0.2, 0) is 6.42 Å². The van der Waals surface area contributed by atoms with Crippen molar-refractivity contribution in [2.45, 2.75) is 49.8 Å². The summed E-state index contributed by atoms with van der Waals surface area (Å²) in [5.74, 6) is 0.986. The van der Waals surface area contributed by atoms with Crippen LogP contribution >= 0.6 is 15.9 Å². The van der Waals surface area contributed by atoms with Crippen molar-refractivity contribution in [1.29, 1.82) is 0 Å². The number of fused-ring (bicyclic) bond motifs is 1. The molecule has 1 aromatic carbocycles. The molecule has 0 saturated heterocycles. The molecule has 1 atom stereocenters. The predicted molar refractivity (Wildman–Crippen MR) is 89.4 cm³/mol.